The highest BCUT2D eigenvalue weighted by Gasteiger charge is 2.32. The lowest BCUT2D eigenvalue weighted by atomic mass is 10.0. The number of aromatic amines is 1. The van der Waals surface area contributed by atoms with Crippen LogP contribution in [0.25, 0.3) is 10.9 Å². The SMILES string of the molecule is NC(=O)CC(NC(=O)C(N)CO)C(=O)NC(CC(N)=O)C(=O)NC(Cc1c[nH]c2ccccc12)C(=O)O. The van der Waals surface area contributed by atoms with Crippen molar-refractivity contribution in [1.29, 1.82) is 0 Å². The number of benzene rings is 1. The Morgan fingerprint density at radius 3 is 1.86 bits per heavy atom. The summed E-state index contributed by atoms with van der Waals surface area (Å²) in [6.07, 6.45) is 0.0642. The number of primary amides is 2. The maximum Gasteiger partial charge on any atom is 0.326 e. The molecule has 1 aromatic carbocycles. The first-order chi connectivity index (χ1) is 17.4. The van der Waals surface area contributed by atoms with E-state index in [1.165, 1.54) is 0 Å². The molecule has 0 radical (unpaired) electrons. The minimum atomic E-state index is -1.64. The average molecular weight is 520 g/mol. The van der Waals surface area contributed by atoms with Crippen LogP contribution in [0.2, 0.25) is 0 Å². The summed E-state index contributed by atoms with van der Waals surface area (Å²) in [4.78, 5) is 75.5. The van der Waals surface area contributed by atoms with E-state index in [0.29, 0.717) is 5.56 Å². The number of nitrogens with two attached hydrogens (primary N) is 3. The van der Waals surface area contributed by atoms with Crippen LogP contribution >= 0.6 is 0 Å². The molecule has 5 amide bonds. The molecule has 2 rings (SSSR count). The van der Waals surface area contributed by atoms with Gasteiger partial charge < -0.3 is 48.3 Å². The number of aliphatic hydroxyl groups excluding tert-OH is 1. The predicted molar refractivity (Wildman–Crippen MR) is 128 cm³/mol. The van der Waals surface area contributed by atoms with Crippen LogP contribution in [0.4, 0.5) is 0 Å². The number of aromatic nitrogens is 1. The van der Waals surface area contributed by atoms with Crippen LogP contribution in [0.15, 0.2) is 30.5 Å². The molecule has 1 heterocycles. The quantitative estimate of drug-likeness (QED) is 0.119. The number of carboxylic acids is 1. The lowest BCUT2D eigenvalue weighted by Crippen LogP contribution is -2.58. The smallest absolute Gasteiger partial charge is 0.326 e. The number of carbonyl (C=O) groups excluding carboxylic acids is 5. The summed E-state index contributed by atoms with van der Waals surface area (Å²) in [5, 5.41) is 26.0. The van der Waals surface area contributed by atoms with Crippen molar-refractivity contribution in [2.24, 2.45) is 17.2 Å². The molecule has 12 N–H and O–H groups in total. The Balaban J connectivity index is 2.20. The van der Waals surface area contributed by atoms with Crippen LogP contribution in [-0.2, 0) is 35.2 Å². The van der Waals surface area contributed by atoms with Crippen molar-refractivity contribution in [1.82, 2.24) is 20.9 Å². The highest BCUT2D eigenvalue weighted by molar-refractivity contribution is 5.97. The van der Waals surface area contributed by atoms with Gasteiger partial charge in [0.2, 0.25) is 29.5 Å². The van der Waals surface area contributed by atoms with E-state index in [9.17, 15) is 33.9 Å². The third kappa shape index (κ3) is 8.29. The van der Waals surface area contributed by atoms with Crippen molar-refractivity contribution in [2.45, 2.75) is 43.4 Å². The minimum absolute atomic E-state index is 0.123. The van der Waals surface area contributed by atoms with Crippen molar-refractivity contribution in [2.75, 3.05) is 6.61 Å². The van der Waals surface area contributed by atoms with Gasteiger partial charge in [-0.2, -0.15) is 0 Å². The molecule has 37 heavy (non-hydrogen) atoms. The van der Waals surface area contributed by atoms with Gasteiger partial charge in [-0.1, -0.05) is 18.2 Å². The van der Waals surface area contributed by atoms with Gasteiger partial charge >= 0.3 is 5.97 Å². The summed E-state index contributed by atoms with van der Waals surface area (Å²) in [5.74, 6) is -6.48. The Kier molecular flexibility index (Phi) is 10.1. The van der Waals surface area contributed by atoms with E-state index in [4.69, 9.17) is 22.3 Å². The van der Waals surface area contributed by atoms with E-state index in [0.717, 1.165) is 10.9 Å². The van der Waals surface area contributed by atoms with Crippen LogP contribution in [-0.4, -0.2) is 81.5 Å². The van der Waals surface area contributed by atoms with Crippen molar-refractivity contribution >= 4 is 46.4 Å². The second-order valence-corrected chi connectivity index (χ2v) is 8.22. The van der Waals surface area contributed by atoms with E-state index in [2.05, 4.69) is 20.9 Å². The molecule has 0 aliphatic heterocycles. The molecule has 0 saturated heterocycles. The third-order valence-corrected chi connectivity index (χ3v) is 5.32. The molecule has 4 atom stereocenters. The Labute approximate surface area is 210 Å². The number of fused-ring (bicyclic) bond motifs is 1. The number of carboxylic acid groups (broad SMARTS) is 1. The van der Waals surface area contributed by atoms with Crippen molar-refractivity contribution in [3.8, 4) is 0 Å². The van der Waals surface area contributed by atoms with Gasteiger partial charge in [-0.25, -0.2) is 4.79 Å². The number of para-hydroxylation sites is 1. The Morgan fingerprint density at radius 2 is 1.35 bits per heavy atom. The summed E-state index contributed by atoms with van der Waals surface area (Å²) >= 11 is 0. The molecule has 2 aromatic rings. The molecular formula is C22H29N7O8. The number of aliphatic carboxylic acids is 1. The second kappa shape index (κ2) is 13.0. The normalized spacial score (nSPS) is 14.1. The first kappa shape index (κ1) is 28.7. The highest BCUT2D eigenvalue weighted by atomic mass is 16.4. The second-order valence-electron chi connectivity index (χ2n) is 8.22. The lowest BCUT2D eigenvalue weighted by Gasteiger charge is -2.24. The molecule has 1 aromatic heterocycles. The van der Waals surface area contributed by atoms with Gasteiger partial charge in [0.15, 0.2) is 0 Å². The first-order valence-corrected chi connectivity index (χ1v) is 11.0. The van der Waals surface area contributed by atoms with E-state index in [1.807, 2.05) is 0 Å². The summed E-state index contributed by atoms with van der Waals surface area (Å²) in [7, 11) is 0. The topological polar surface area (TPSA) is 273 Å². The van der Waals surface area contributed by atoms with Gasteiger partial charge in [-0.05, 0) is 11.6 Å². The standard InChI is InChI=1S/C22H29N7O8/c23-12(9-30)19(33)27-14(6-17(24)31)20(34)28-15(7-18(25)32)21(35)29-16(22(36)37)5-10-8-26-13-4-2-1-3-11(10)13/h1-4,8,12,14-16,26,30H,5-7,9,23H2,(H2,24,31)(H2,25,32)(H,27,33)(H,28,34)(H,29,35)(H,36,37). The van der Waals surface area contributed by atoms with E-state index >= 15 is 0 Å². The average Bonchev–Trinajstić information content (AvgIpc) is 3.24. The Bertz CT molecular complexity index is 1180. The maximum absolute atomic E-state index is 12.9. The van der Waals surface area contributed by atoms with Crippen LogP contribution in [0.5, 0.6) is 0 Å². The van der Waals surface area contributed by atoms with Crippen molar-refractivity contribution in [3.05, 3.63) is 36.0 Å². The zero-order valence-electron chi connectivity index (χ0n) is 19.6. The molecule has 0 aliphatic carbocycles. The molecule has 15 heteroatoms. The molecule has 0 bridgehead atoms. The number of nitrogens with one attached hydrogen (secondary N) is 4. The van der Waals surface area contributed by atoms with Crippen molar-refractivity contribution in [3.63, 3.8) is 0 Å². The van der Waals surface area contributed by atoms with E-state index < -0.39 is 79.1 Å². The zero-order valence-corrected chi connectivity index (χ0v) is 19.6. The summed E-state index contributed by atoms with van der Waals surface area (Å²) in [5.41, 5.74) is 17.1. The van der Waals surface area contributed by atoms with Crippen LogP contribution in [0.1, 0.15) is 18.4 Å². The monoisotopic (exact) mass is 519 g/mol. The number of carbonyl (C=O) groups is 6. The number of hydrogen-bond acceptors (Lipinski definition) is 8. The largest absolute Gasteiger partial charge is 0.480 e. The fourth-order valence-electron chi connectivity index (χ4n) is 3.45. The Hall–Kier alpha value is -4.50. The van der Waals surface area contributed by atoms with Crippen molar-refractivity contribution < 1.29 is 39.0 Å². The predicted octanol–water partition coefficient (Wildman–Crippen LogP) is -3.68. The summed E-state index contributed by atoms with van der Waals surface area (Å²) in [6.45, 7) is -0.754. The highest BCUT2D eigenvalue weighted by Crippen LogP contribution is 2.19. The molecular weight excluding hydrogens is 490 g/mol. The fourth-order valence-corrected chi connectivity index (χ4v) is 3.45. The summed E-state index contributed by atoms with van der Waals surface area (Å²) < 4.78 is 0. The molecule has 15 nitrogen and oxygen atoms in total. The van der Waals surface area contributed by atoms with E-state index in [1.54, 1.807) is 30.5 Å². The number of rotatable bonds is 14. The van der Waals surface area contributed by atoms with Gasteiger partial charge in [0.05, 0.1) is 19.4 Å². The molecule has 0 spiro atoms. The van der Waals surface area contributed by atoms with Gasteiger partial charge in [-0.3, -0.25) is 24.0 Å². The van der Waals surface area contributed by atoms with Crippen LogP contribution in [0.3, 0.4) is 0 Å². The van der Waals surface area contributed by atoms with Gasteiger partial charge in [0.25, 0.3) is 0 Å². The molecule has 200 valence electrons. The minimum Gasteiger partial charge on any atom is -0.480 e. The Morgan fingerprint density at radius 1 is 0.838 bits per heavy atom. The van der Waals surface area contributed by atoms with E-state index in [-0.39, 0.29) is 6.42 Å². The number of H-pyrrole nitrogens is 1. The van der Waals surface area contributed by atoms with Crippen LogP contribution in [0, 0.1) is 0 Å². The molecule has 0 aliphatic rings. The maximum atomic E-state index is 12.9. The molecule has 4 unspecified atom stereocenters. The van der Waals surface area contributed by atoms with Gasteiger partial charge in [0.1, 0.15) is 24.2 Å². The zero-order chi connectivity index (χ0) is 27.7. The summed E-state index contributed by atoms with van der Waals surface area (Å²) in [6, 6.07) is 1.02. The van der Waals surface area contributed by atoms with Crippen LogP contribution < -0.4 is 33.2 Å². The third-order valence-electron chi connectivity index (χ3n) is 5.32. The lowest BCUT2D eigenvalue weighted by molar-refractivity contribution is -0.142. The molecule has 0 saturated carbocycles. The number of aliphatic hydroxyl groups is 1. The first-order valence-electron chi connectivity index (χ1n) is 11.0. The molecule has 0 fully saturated rings. The number of amides is 5. The fraction of sp³-hybridized carbons (Fsp3) is 0.364. The number of hydrogen-bond donors (Lipinski definition) is 9. The van der Waals surface area contributed by atoms with Gasteiger partial charge in [0, 0.05) is 23.5 Å². The van der Waals surface area contributed by atoms with Gasteiger partial charge in [-0.15, -0.1) is 0 Å².